The van der Waals surface area contributed by atoms with E-state index in [-0.39, 0.29) is 6.04 Å². The summed E-state index contributed by atoms with van der Waals surface area (Å²) in [5.41, 5.74) is 0. The van der Waals surface area contributed by atoms with E-state index in [4.69, 9.17) is 0 Å². The van der Waals surface area contributed by atoms with Crippen LogP contribution < -0.4 is 10.0 Å². The van der Waals surface area contributed by atoms with E-state index in [0.717, 1.165) is 42.3 Å². The van der Waals surface area contributed by atoms with E-state index in [1.54, 1.807) is 6.07 Å². The molecule has 122 valence electrons. The first kappa shape index (κ1) is 19.0. The van der Waals surface area contributed by atoms with Crippen LogP contribution in [0.3, 0.4) is 0 Å². The van der Waals surface area contributed by atoms with Gasteiger partial charge in [-0.05, 0) is 56.5 Å². The van der Waals surface area contributed by atoms with Gasteiger partial charge in [-0.25, -0.2) is 13.1 Å². The number of thiophene rings is 1. The highest BCUT2D eigenvalue weighted by atomic mass is 32.2. The lowest BCUT2D eigenvalue weighted by atomic mass is 10.3. The van der Waals surface area contributed by atoms with Crippen molar-refractivity contribution in [1.29, 1.82) is 0 Å². The molecule has 0 bridgehead atoms. The molecule has 0 aliphatic carbocycles. The molecule has 0 spiro atoms. The van der Waals surface area contributed by atoms with Crippen molar-refractivity contribution in [3.8, 4) is 0 Å². The molecule has 0 saturated carbocycles. The molecule has 4 nitrogen and oxygen atoms in total. The molecule has 0 aromatic carbocycles. The average Bonchev–Trinajstić information content (AvgIpc) is 2.88. The summed E-state index contributed by atoms with van der Waals surface area (Å²) in [5.74, 6) is 2.05. The van der Waals surface area contributed by atoms with E-state index in [9.17, 15) is 8.42 Å². The fraction of sp³-hybridized carbons (Fsp3) is 0.714. The number of thioether (sulfide) groups is 1. The molecule has 21 heavy (non-hydrogen) atoms. The van der Waals surface area contributed by atoms with Gasteiger partial charge >= 0.3 is 0 Å². The highest BCUT2D eigenvalue weighted by molar-refractivity contribution is 7.99. The molecular weight excluding hydrogens is 324 g/mol. The van der Waals surface area contributed by atoms with Gasteiger partial charge in [0.2, 0.25) is 10.0 Å². The van der Waals surface area contributed by atoms with Gasteiger partial charge in [0.25, 0.3) is 0 Å². The largest absolute Gasteiger partial charge is 0.317 e. The third-order valence-electron chi connectivity index (χ3n) is 2.96. The van der Waals surface area contributed by atoms with Crippen LogP contribution in [0, 0.1) is 0 Å². The smallest absolute Gasteiger partial charge is 0.250 e. The summed E-state index contributed by atoms with van der Waals surface area (Å²) in [6, 6.07) is 3.59. The van der Waals surface area contributed by atoms with Crippen molar-refractivity contribution >= 4 is 33.1 Å². The van der Waals surface area contributed by atoms with Crippen LogP contribution in [0.25, 0.3) is 0 Å². The first-order valence-corrected chi connectivity index (χ1v) is 10.8. The molecule has 1 atom stereocenters. The van der Waals surface area contributed by atoms with Gasteiger partial charge in [0, 0.05) is 10.9 Å². The van der Waals surface area contributed by atoms with E-state index in [1.807, 2.05) is 24.8 Å². The predicted octanol–water partition coefficient (Wildman–Crippen LogP) is 2.71. The number of nitrogens with one attached hydrogen (secondary N) is 2. The van der Waals surface area contributed by atoms with E-state index < -0.39 is 10.0 Å². The first-order valence-electron chi connectivity index (χ1n) is 7.39. The summed E-state index contributed by atoms with van der Waals surface area (Å²) < 4.78 is 27.8. The highest BCUT2D eigenvalue weighted by Gasteiger charge is 2.19. The fourth-order valence-electron chi connectivity index (χ4n) is 1.81. The van der Waals surface area contributed by atoms with Crippen LogP contribution in [0.15, 0.2) is 16.3 Å². The molecular formula is C14H26N2O2S3. The summed E-state index contributed by atoms with van der Waals surface area (Å²) >= 11 is 3.20. The lowest BCUT2D eigenvalue weighted by molar-refractivity contribution is 0.559. The molecule has 2 N–H and O–H groups in total. The van der Waals surface area contributed by atoms with Gasteiger partial charge in [0.05, 0.1) is 0 Å². The fourth-order valence-corrected chi connectivity index (χ4v) is 5.27. The minimum Gasteiger partial charge on any atom is -0.317 e. The van der Waals surface area contributed by atoms with Crippen LogP contribution in [0.2, 0.25) is 0 Å². The van der Waals surface area contributed by atoms with Gasteiger partial charge in [-0.2, -0.15) is 11.8 Å². The van der Waals surface area contributed by atoms with Gasteiger partial charge in [0.1, 0.15) is 4.21 Å². The first-order chi connectivity index (χ1) is 9.99. The van der Waals surface area contributed by atoms with Crippen LogP contribution in [-0.2, 0) is 16.4 Å². The number of rotatable bonds is 11. The topological polar surface area (TPSA) is 58.2 Å². The third-order valence-corrected chi connectivity index (χ3v) is 7.11. The quantitative estimate of drug-likeness (QED) is 0.603. The lowest BCUT2D eigenvalue weighted by Gasteiger charge is -2.12. The van der Waals surface area contributed by atoms with Crippen LogP contribution in [0.1, 0.15) is 32.1 Å². The Kier molecular flexibility index (Phi) is 8.89. The Bertz CT molecular complexity index is 500. The molecule has 1 aromatic rings. The Morgan fingerprint density at radius 3 is 2.76 bits per heavy atom. The van der Waals surface area contributed by atoms with Gasteiger partial charge in [-0.1, -0.05) is 13.8 Å². The van der Waals surface area contributed by atoms with Crippen LogP contribution >= 0.6 is 23.1 Å². The van der Waals surface area contributed by atoms with Gasteiger partial charge in [-0.3, -0.25) is 0 Å². The van der Waals surface area contributed by atoms with Crippen molar-refractivity contribution in [3.63, 3.8) is 0 Å². The minimum absolute atomic E-state index is 0.0265. The molecule has 7 heteroatoms. The minimum atomic E-state index is -3.37. The predicted molar refractivity (Wildman–Crippen MR) is 94.0 cm³/mol. The summed E-state index contributed by atoms with van der Waals surface area (Å²) in [5, 5.41) is 3.24. The second-order valence-corrected chi connectivity index (χ2v) is 9.34. The molecule has 0 amide bonds. The van der Waals surface area contributed by atoms with E-state index >= 15 is 0 Å². The maximum absolute atomic E-state index is 12.3. The number of hydrogen-bond donors (Lipinski definition) is 2. The van der Waals surface area contributed by atoms with Crippen LogP contribution in [0.4, 0.5) is 0 Å². The number of sulfonamides is 1. The standard InChI is InChI=1S/C14H26N2O2S3/c1-4-15-10-8-13-6-7-14(20-13)21(17,18)16-12(3)9-11-19-5-2/h6-7,12,15-16H,4-5,8-11H2,1-3H3. The number of likely N-dealkylation sites (N-methyl/N-ethyl adjacent to an activating group) is 1. The second-order valence-electron chi connectivity index (χ2n) is 4.83. The Labute approximate surface area is 137 Å². The zero-order chi connectivity index (χ0) is 15.7. The molecule has 1 heterocycles. The molecule has 0 fully saturated rings. The Morgan fingerprint density at radius 1 is 1.33 bits per heavy atom. The second kappa shape index (κ2) is 9.84. The molecule has 0 saturated heterocycles. The molecule has 1 rings (SSSR count). The van der Waals surface area contributed by atoms with Crippen molar-refractivity contribution in [2.45, 2.75) is 43.9 Å². The number of hydrogen-bond acceptors (Lipinski definition) is 5. The van der Waals surface area contributed by atoms with E-state index in [2.05, 4.69) is 23.9 Å². The molecule has 1 unspecified atom stereocenters. The monoisotopic (exact) mass is 350 g/mol. The summed E-state index contributed by atoms with van der Waals surface area (Å²) in [7, 11) is -3.37. The molecule has 1 aromatic heterocycles. The highest BCUT2D eigenvalue weighted by Crippen LogP contribution is 2.22. The van der Waals surface area contributed by atoms with Gasteiger partial charge in [-0.15, -0.1) is 11.3 Å². The summed E-state index contributed by atoms with van der Waals surface area (Å²) in [4.78, 5) is 1.10. The Balaban J connectivity index is 2.53. The van der Waals surface area contributed by atoms with Crippen molar-refractivity contribution in [2.24, 2.45) is 0 Å². The Hall–Kier alpha value is -0.0800. The lowest BCUT2D eigenvalue weighted by Crippen LogP contribution is -2.32. The third kappa shape index (κ3) is 7.15. The molecule has 0 aliphatic heterocycles. The molecule has 0 aliphatic rings. The van der Waals surface area contributed by atoms with Crippen molar-refractivity contribution in [2.75, 3.05) is 24.6 Å². The zero-order valence-electron chi connectivity index (χ0n) is 13.0. The normalized spacial score (nSPS) is 13.5. The average molecular weight is 351 g/mol. The maximum Gasteiger partial charge on any atom is 0.250 e. The van der Waals surface area contributed by atoms with E-state index in [1.165, 1.54) is 11.3 Å². The summed E-state index contributed by atoms with van der Waals surface area (Å²) in [6.07, 6.45) is 1.73. The van der Waals surface area contributed by atoms with Crippen LogP contribution in [-0.4, -0.2) is 39.1 Å². The zero-order valence-corrected chi connectivity index (χ0v) is 15.5. The Morgan fingerprint density at radius 2 is 2.10 bits per heavy atom. The van der Waals surface area contributed by atoms with E-state index in [0.29, 0.717) is 4.21 Å². The van der Waals surface area contributed by atoms with Crippen LogP contribution in [0.5, 0.6) is 0 Å². The van der Waals surface area contributed by atoms with Crippen molar-refractivity contribution in [3.05, 3.63) is 17.0 Å². The molecule has 0 radical (unpaired) electrons. The van der Waals surface area contributed by atoms with Gasteiger partial charge in [0.15, 0.2) is 0 Å². The SMILES string of the molecule is CCNCCc1ccc(S(=O)(=O)NC(C)CCSCC)s1. The maximum atomic E-state index is 12.3. The van der Waals surface area contributed by atoms with Crippen molar-refractivity contribution in [1.82, 2.24) is 10.0 Å². The van der Waals surface area contributed by atoms with Gasteiger partial charge < -0.3 is 5.32 Å². The summed E-state index contributed by atoms with van der Waals surface area (Å²) in [6.45, 7) is 7.92. The van der Waals surface area contributed by atoms with Crippen molar-refractivity contribution < 1.29 is 8.42 Å².